The Morgan fingerprint density at radius 2 is 1.96 bits per heavy atom. The number of nitrogens with two attached hydrogens (primary N) is 2. The van der Waals surface area contributed by atoms with Crippen molar-refractivity contribution in [3.63, 3.8) is 0 Å². The molecule has 3 aromatic rings. The maximum Gasteiger partial charge on any atom is 0.120 e. The van der Waals surface area contributed by atoms with Crippen molar-refractivity contribution < 1.29 is 5.11 Å². The summed E-state index contributed by atoms with van der Waals surface area (Å²) in [6.45, 7) is 1.33. The fourth-order valence-corrected chi connectivity index (χ4v) is 4.01. The third kappa shape index (κ3) is 3.17. The number of pyridine rings is 1. The van der Waals surface area contributed by atoms with E-state index in [-0.39, 0.29) is 0 Å². The Morgan fingerprint density at radius 3 is 2.67 bits per heavy atom. The largest absolute Gasteiger partial charge is 0.377 e. The van der Waals surface area contributed by atoms with Crippen LogP contribution in [0.25, 0.3) is 22.0 Å². The van der Waals surface area contributed by atoms with E-state index in [1.807, 2.05) is 30.2 Å². The van der Waals surface area contributed by atoms with E-state index in [0.717, 1.165) is 27.7 Å². The first-order chi connectivity index (χ1) is 12.9. The summed E-state index contributed by atoms with van der Waals surface area (Å²) in [5.41, 5.74) is 15.1. The van der Waals surface area contributed by atoms with Crippen molar-refractivity contribution in [1.82, 2.24) is 14.8 Å². The molecule has 1 saturated heterocycles. The second kappa shape index (κ2) is 6.76. The summed E-state index contributed by atoms with van der Waals surface area (Å²) in [7, 11) is 1.92. The van der Waals surface area contributed by atoms with Gasteiger partial charge < -0.3 is 21.5 Å². The van der Waals surface area contributed by atoms with E-state index in [2.05, 4.69) is 27.1 Å². The topological polar surface area (TPSA) is 106 Å². The summed E-state index contributed by atoms with van der Waals surface area (Å²) in [5, 5.41) is 15.7. The van der Waals surface area contributed by atoms with Crippen LogP contribution in [0.4, 0.5) is 5.69 Å². The highest BCUT2D eigenvalue weighted by Gasteiger charge is 2.36. The van der Waals surface area contributed by atoms with E-state index in [1.165, 1.54) is 0 Å². The van der Waals surface area contributed by atoms with Gasteiger partial charge in [0, 0.05) is 43.5 Å². The lowest BCUT2D eigenvalue weighted by atomic mass is 9.86. The van der Waals surface area contributed by atoms with Crippen molar-refractivity contribution in [3.05, 3.63) is 41.8 Å². The SMILES string of the molecule is Cn1ncc2cc(-c3cncc(Cl)c3N3CCC(N)(C(N)O)CC3)ccc21. The van der Waals surface area contributed by atoms with Crippen molar-refractivity contribution >= 4 is 28.2 Å². The van der Waals surface area contributed by atoms with Gasteiger partial charge in [-0.05, 0) is 30.5 Å². The molecule has 1 aliphatic rings. The number of nitrogens with zero attached hydrogens (tertiary/aromatic N) is 4. The quantitative estimate of drug-likeness (QED) is 0.593. The zero-order chi connectivity index (χ0) is 19.2. The molecule has 1 fully saturated rings. The summed E-state index contributed by atoms with van der Waals surface area (Å²) < 4.78 is 1.85. The summed E-state index contributed by atoms with van der Waals surface area (Å²) in [5.74, 6) is 0. The average molecular weight is 387 g/mol. The van der Waals surface area contributed by atoms with Crippen LogP contribution in [0.3, 0.4) is 0 Å². The highest BCUT2D eigenvalue weighted by molar-refractivity contribution is 6.33. The Morgan fingerprint density at radius 1 is 1.22 bits per heavy atom. The molecule has 2 aromatic heterocycles. The lowest BCUT2D eigenvalue weighted by molar-refractivity contribution is 0.0732. The minimum atomic E-state index is -1.03. The van der Waals surface area contributed by atoms with Gasteiger partial charge in [-0.25, -0.2) is 0 Å². The molecular formula is C19H23ClN6O. The molecule has 1 aliphatic heterocycles. The molecule has 0 amide bonds. The van der Waals surface area contributed by atoms with E-state index < -0.39 is 11.8 Å². The third-order valence-electron chi connectivity index (χ3n) is 5.53. The standard InChI is InChI=1S/C19H23ClN6O/c1-25-16-3-2-12(8-13(16)9-24-25)14-10-23-11-15(20)17(14)26-6-4-19(22,5-7-26)18(21)27/h2-3,8-11,18,27H,4-7,21-22H2,1H3. The van der Waals surface area contributed by atoms with Gasteiger partial charge in [0.2, 0.25) is 0 Å². The van der Waals surface area contributed by atoms with Crippen molar-refractivity contribution in [3.8, 4) is 11.1 Å². The van der Waals surface area contributed by atoms with Crippen molar-refractivity contribution in [2.45, 2.75) is 24.6 Å². The molecule has 4 rings (SSSR count). The van der Waals surface area contributed by atoms with Gasteiger partial charge in [-0.3, -0.25) is 9.67 Å². The molecule has 0 saturated carbocycles. The van der Waals surface area contributed by atoms with Gasteiger partial charge in [0.25, 0.3) is 0 Å². The van der Waals surface area contributed by atoms with Gasteiger partial charge in [0.05, 0.1) is 28.0 Å². The monoisotopic (exact) mass is 386 g/mol. The van der Waals surface area contributed by atoms with Gasteiger partial charge in [0.1, 0.15) is 6.23 Å². The molecule has 8 heteroatoms. The van der Waals surface area contributed by atoms with E-state index in [0.29, 0.717) is 31.0 Å². The van der Waals surface area contributed by atoms with Crippen molar-refractivity contribution in [2.24, 2.45) is 18.5 Å². The van der Waals surface area contributed by atoms with Gasteiger partial charge in [0.15, 0.2) is 0 Å². The normalized spacial score (nSPS) is 18.0. The molecule has 1 unspecified atom stereocenters. The molecular weight excluding hydrogens is 364 g/mol. The number of anilines is 1. The molecule has 3 heterocycles. The van der Waals surface area contributed by atoms with E-state index in [9.17, 15) is 5.11 Å². The predicted octanol–water partition coefficient (Wildman–Crippen LogP) is 1.86. The second-order valence-electron chi connectivity index (χ2n) is 7.22. The molecule has 0 spiro atoms. The van der Waals surface area contributed by atoms with Gasteiger partial charge in [-0.15, -0.1) is 0 Å². The molecule has 0 radical (unpaired) electrons. The third-order valence-corrected chi connectivity index (χ3v) is 5.81. The predicted molar refractivity (Wildman–Crippen MR) is 108 cm³/mol. The minimum absolute atomic E-state index is 0.588. The Balaban J connectivity index is 1.72. The van der Waals surface area contributed by atoms with E-state index >= 15 is 0 Å². The van der Waals surface area contributed by atoms with Crippen LogP contribution in [0.1, 0.15) is 12.8 Å². The number of benzene rings is 1. The molecule has 5 N–H and O–H groups in total. The smallest absolute Gasteiger partial charge is 0.120 e. The van der Waals surface area contributed by atoms with Crippen LogP contribution >= 0.6 is 11.6 Å². The Bertz CT molecular complexity index is 977. The first kappa shape index (κ1) is 18.2. The van der Waals surface area contributed by atoms with Crippen LogP contribution in [0.15, 0.2) is 36.8 Å². The van der Waals surface area contributed by atoms with Crippen molar-refractivity contribution in [1.29, 1.82) is 0 Å². The van der Waals surface area contributed by atoms with E-state index in [4.69, 9.17) is 23.1 Å². The maximum atomic E-state index is 9.77. The number of aryl methyl sites for hydroxylation is 1. The number of rotatable bonds is 3. The van der Waals surface area contributed by atoms with Crippen LogP contribution in [-0.4, -0.2) is 44.7 Å². The maximum absolute atomic E-state index is 9.77. The lowest BCUT2D eigenvalue weighted by Crippen LogP contribution is -2.60. The fraction of sp³-hybridized carbons (Fsp3) is 0.368. The van der Waals surface area contributed by atoms with Crippen LogP contribution in [-0.2, 0) is 7.05 Å². The number of fused-ring (bicyclic) bond motifs is 1. The molecule has 0 aliphatic carbocycles. The number of piperidine rings is 1. The lowest BCUT2D eigenvalue weighted by Gasteiger charge is -2.42. The molecule has 1 atom stereocenters. The number of aliphatic hydroxyl groups is 1. The summed E-state index contributed by atoms with van der Waals surface area (Å²) in [4.78, 5) is 6.49. The van der Waals surface area contributed by atoms with Crippen LogP contribution in [0.5, 0.6) is 0 Å². The van der Waals surface area contributed by atoms with Gasteiger partial charge in [-0.2, -0.15) is 5.10 Å². The molecule has 0 bridgehead atoms. The fourth-order valence-electron chi connectivity index (χ4n) is 3.73. The van der Waals surface area contributed by atoms with Gasteiger partial charge >= 0.3 is 0 Å². The number of halogens is 1. The number of hydrogen-bond acceptors (Lipinski definition) is 6. The van der Waals surface area contributed by atoms with E-state index in [1.54, 1.807) is 6.20 Å². The summed E-state index contributed by atoms with van der Waals surface area (Å²) >= 11 is 6.54. The van der Waals surface area contributed by atoms with Crippen molar-refractivity contribution in [2.75, 3.05) is 18.0 Å². The first-order valence-electron chi connectivity index (χ1n) is 8.92. The first-order valence-corrected chi connectivity index (χ1v) is 9.30. The minimum Gasteiger partial charge on any atom is -0.377 e. The molecule has 7 nitrogen and oxygen atoms in total. The van der Waals surface area contributed by atoms with Crippen LogP contribution < -0.4 is 16.4 Å². The number of aromatic nitrogens is 3. The Kier molecular flexibility index (Phi) is 4.55. The second-order valence-corrected chi connectivity index (χ2v) is 7.63. The number of aliphatic hydroxyl groups excluding tert-OH is 1. The highest BCUT2D eigenvalue weighted by atomic mass is 35.5. The summed E-state index contributed by atoms with van der Waals surface area (Å²) in [6.07, 6.45) is 5.49. The zero-order valence-corrected chi connectivity index (χ0v) is 15.9. The molecule has 27 heavy (non-hydrogen) atoms. The van der Waals surface area contributed by atoms with Gasteiger partial charge in [-0.1, -0.05) is 17.7 Å². The zero-order valence-electron chi connectivity index (χ0n) is 15.1. The molecule has 1 aromatic carbocycles. The Labute approximate surface area is 162 Å². The molecule has 142 valence electrons. The summed E-state index contributed by atoms with van der Waals surface area (Å²) in [6, 6.07) is 6.20. The average Bonchev–Trinajstić information content (AvgIpc) is 3.03. The number of hydrogen-bond donors (Lipinski definition) is 3. The highest BCUT2D eigenvalue weighted by Crippen LogP contribution is 2.39. The van der Waals surface area contributed by atoms with Crippen LogP contribution in [0.2, 0.25) is 5.02 Å². The Hall–Kier alpha value is -2.19. The van der Waals surface area contributed by atoms with Crippen LogP contribution in [0, 0.1) is 0 Å².